The fourth-order valence-electron chi connectivity index (χ4n) is 10.1. The van der Waals surface area contributed by atoms with Crippen LogP contribution in [-0.2, 0) is 18.5 Å². The fourth-order valence-corrected chi connectivity index (χ4v) is 10.1. The predicted molar refractivity (Wildman–Crippen MR) is 242 cm³/mol. The summed E-state index contributed by atoms with van der Waals surface area (Å²) in [5.74, 6) is 0. The molecule has 0 amide bonds. The molecule has 57 heavy (non-hydrogen) atoms. The molecule has 2 heteroatoms. The molecule has 1 heterocycles. The number of anilines is 3. The van der Waals surface area contributed by atoms with Crippen molar-refractivity contribution in [3.05, 3.63) is 186 Å². The van der Waals surface area contributed by atoms with Crippen LogP contribution >= 0.6 is 0 Å². The molecule has 0 fully saturated rings. The first-order chi connectivity index (χ1) is 27.6. The Balaban J connectivity index is 1.20. The third-order valence-corrected chi connectivity index (χ3v) is 13.1. The standard InChI is InChI=1S/C55H46N2/c1-54(2,3)56-33-40-17-12-19-43(47(40)34-56)46-31-42(32-49-53(46)44-18-9-10-20-48(44)55(49,4)5)57(41-27-23-36(24-28-41)35-13-7-6-8-14-35)50-30-26-39-22-21-37-15-11-16-38-25-29-45(50)52(39)51(37)38/h6-32H,33-34H2,1-5H3. The summed E-state index contributed by atoms with van der Waals surface area (Å²) < 4.78 is 0. The minimum atomic E-state index is -0.183. The van der Waals surface area contributed by atoms with Gasteiger partial charge >= 0.3 is 0 Å². The van der Waals surface area contributed by atoms with Crippen molar-refractivity contribution in [2.75, 3.05) is 4.90 Å². The highest BCUT2D eigenvalue weighted by Crippen LogP contribution is 2.56. The van der Waals surface area contributed by atoms with E-state index in [1.54, 1.807) is 0 Å². The topological polar surface area (TPSA) is 6.48 Å². The SMILES string of the molecule is CC1(C)c2ccccc2-c2c(-c3cccc4c3CN(C(C)(C)C)C4)cc(N(c3ccc(-c4ccccc4)cc3)c3ccc4ccc5cccc6ccc3c4c56)cc21. The van der Waals surface area contributed by atoms with E-state index in [4.69, 9.17) is 0 Å². The first kappa shape index (κ1) is 34.1. The summed E-state index contributed by atoms with van der Waals surface area (Å²) in [7, 11) is 0. The van der Waals surface area contributed by atoms with Crippen LogP contribution in [0.2, 0.25) is 0 Å². The summed E-state index contributed by atoms with van der Waals surface area (Å²) in [5.41, 5.74) is 16.9. The van der Waals surface area contributed by atoms with E-state index in [-0.39, 0.29) is 11.0 Å². The summed E-state index contributed by atoms with van der Waals surface area (Å²) >= 11 is 0. The van der Waals surface area contributed by atoms with Crippen molar-refractivity contribution < 1.29 is 0 Å². The first-order valence-corrected chi connectivity index (χ1v) is 20.4. The molecular formula is C55H46N2. The van der Waals surface area contributed by atoms with Crippen LogP contribution in [0.5, 0.6) is 0 Å². The molecule has 1 aliphatic heterocycles. The normalized spacial score (nSPS) is 14.7. The zero-order chi connectivity index (χ0) is 38.6. The molecule has 0 saturated carbocycles. The van der Waals surface area contributed by atoms with Crippen molar-refractivity contribution >= 4 is 49.4 Å². The maximum atomic E-state index is 2.62. The molecule has 0 saturated heterocycles. The van der Waals surface area contributed by atoms with E-state index in [2.05, 4.69) is 208 Å². The van der Waals surface area contributed by atoms with Crippen LogP contribution in [0.1, 0.15) is 56.9 Å². The van der Waals surface area contributed by atoms with E-state index in [0.717, 1.165) is 18.8 Å². The van der Waals surface area contributed by atoms with Crippen molar-refractivity contribution in [3.63, 3.8) is 0 Å². The number of hydrogen-bond donors (Lipinski definition) is 0. The minimum absolute atomic E-state index is 0.0758. The molecule has 1 aliphatic carbocycles. The lowest BCUT2D eigenvalue weighted by molar-refractivity contribution is 0.136. The van der Waals surface area contributed by atoms with Gasteiger partial charge in [-0.2, -0.15) is 0 Å². The molecule has 9 aromatic carbocycles. The molecule has 0 unspecified atom stereocenters. The minimum Gasteiger partial charge on any atom is -0.310 e. The van der Waals surface area contributed by atoms with Crippen LogP contribution in [0.15, 0.2) is 164 Å². The van der Waals surface area contributed by atoms with Crippen molar-refractivity contribution in [2.24, 2.45) is 0 Å². The average molecular weight is 735 g/mol. The summed E-state index contributed by atoms with van der Waals surface area (Å²) in [5, 5.41) is 7.75. The Kier molecular flexibility index (Phi) is 7.40. The van der Waals surface area contributed by atoms with Gasteiger partial charge in [0.05, 0.1) is 5.69 Å². The molecule has 0 aromatic heterocycles. The smallest absolute Gasteiger partial charge is 0.0540 e. The third-order valence-electron chi connectivity index (χ3n) is 13.1. The van der Waals surface area contributed by atoms with E-state index in [0.29, 0.717) is 0 Å². The molecule has 2 aliphatic rings. The number of nitrogens with zero attached hydrogens (tertiary/aromatic N) is 2. The van der Waals surface area contributed by atoms with E-state index >= 15 is 0 Å². The molecule has 0 bridgehead atoms. The van der Waals surface area contributed by atoms with Crippen LogP contribution in [0.4, 0.5) is 17.1 Å². The average Bonchev–Trinajstić information content (AvgIpc) is 3.78. The largest absolute Gasteiger partial charge is 0.310 e. The molecule has 9 aromatic rings. The maximum Gasteiger partial charge on any atom is 0.0540 e. The summed E-state index contributed by atoms with van der Waals surface area (Å²) in [6.07, 6.45) is 0. The molecule has 0 spiro atoms. The first-order valence-electron chi connectivity index (χ1n) is 20.4. The lowest BCUT2D eigenvalue weighted by atomic mass is 9.81. The molecule has 276 valence electrons. The molecule has 0 N–H and O–H groups in total. The van der Waals surface area contributed by atoms with Crippen LogP contribution in [-0.4, -0.2) is 10.4 Å². The Hall–Kier alpha value is -6.22. The monoisotopic (exact) mass is 734 g/mol. The van der Waals surface area contributed by atoms with Gasteiger partial charge in [-0.1, -0.05) is 147 Å². The second-order valence-electron chi connectivity index (χ2n) is 17.7. The van der Waals surface area contributed by atoms with Gasteiger partial charge in [-0.05, 0) is 134 Å². The van der Waals surface area contributed by atoms with Crippen LogP contribution in [0, 0.1) is 0 Å². The van der Waals surface area contributed by atoms with Crippen LogP contribution in [0.25, 0.3) is 65.7 Å². The lowest BCUT2D eigenvalue weighted by Crippen LogP contribution is -2.36. The highest BCUT2D eigenvalue weighted by molar-refractivity contribution is 6.25. The van der Waals surface area contributed by atoms with Gasteiger partial charge < -0.3 is 4.90 Å². The quantitative estimate of drug-likeness (QED) is 0.162. The van der Waals surface area contributed by atoms with Crippen molar-refractivity contribution in [1.82, 2.24) is 4.90 Å². The summed E-state index contributed by atoms with van der Waals surface area (Å²) in [4.78, 5) is 5.16. The van der Waals surface area contributed by atoms with Gasteiger partial charge in [-0.15, -0.1) is 0 Å². The van der Waals surface area contributed by atoms with Gasteiger partial charge in [0.1, 0.15) is 0 Å². The molecule has 0 atom stereocenters. The summed E-state index contributed by atoms with van der Waals surface area (Å²) in [6.45, 7) is 13.8. The van der Waals surface area contributed by atoms with Gasteiger partial charge in [-0.25, -0.2) is 0 Å². The Labute approximate surface area is 336 Å². The second-order valence-corrected chi connectivity index (χ2v) is 17.7. The van der Waals surface area contributed by atoms with Gasteiger partial charge in [0.2, 0.25) is 0 Å². The third kappa shape index (κ3) is 5.20. The molecule has 2 nitrogen and oxygen atoms in total. The van der Waals surface area contributed by atoms with Crippen molar-refractivity contribution in [1.29, 1.82) is 0 Å². The van der Waals surface area contributed by atoms with E-state index in [9.17, 15) is 0 Å². The van der Waals surface area contributed by atoms with Crippen LogP contribution < -0.4 is 4.90 Å². The number of hydrogen-bond acceptors (Lipinski definition) is 2. The zero-order valence-corrected chi connectivity index (χ0v) is 33.4. The number of benzene rings is 9. The Bertz CT molecular complexity index is 3000. The van der Waals surface area contributed by atoms with Crippen LogP contribution in [0.3, 0.4) is 0 Å². The molecule has 0 radical (unpaired) electrons. The maximum absolute atomic E-state index is 2.62. The van der Waals surface area contributed by atoms with Gasteiger partial charge in [-0.3, -0.25) is 4.90 Å². The Morgan fingerprint density at radius 2 is 1.16 bits per heavy atom. The van der Waals surface area contributed by atoms with Crippen molar-refractivity contribution in [2.45, 2.75) is 58.7 Å². The van der Waals surface area contributed by atoms with Gasteiger partial charge in [0.25, 0.3) is 0 Å². The highest BCUT2D eigenvalue weighted by atomic mass is 15.2. The number of fused-ring (bicyclic) bond motifs is 4. The molecule has 11 rings (SSSR count). The van der Waals surface area contributed by atoms with E-state index in [1.807, 2.05) is 0 Å². The highest BCUT2D eigenvalue weighted by Gasteiger charge is 2.39. The fraction of sp³-hybridized carbons (Fsp3) is 0.164. The van der Waals surface area contributed by atoms with Gasteiger partial charge in [0.15, 0.2) is 0 Å². The summed E-state index contributed by atoms with van der Waals surface area (Å²) in [6, 6.07) is 61.6. The molecular weight excluding hydrogens is 689 g/mol. The van der Waals surface area contributed by atoms with Gasteiger partial charge in [0, 0.05) is 40.8 Å². The van der Waals surface area contributed by atoms with Crippen molar-refractivity contribution in [3.8, 4) is 33.4 Å². The zero-order valence-electron chi connectivity index (χ0n) is 33.4. The Morgan fingerprint density at radius 3 is 1.93 bits per heavy atom. The lowest BCUT2D eigenvalue weighted by Gasteiger charge is -2.31. The predicted octanol–water partition coefficient (Wildman–Crippen LogP) is 14.8. The second kappa shape index (κ2) is 12.4. The van der Waals surface area contributed by atoms with E-state index < -0.39 is 0 Å². The number of rotatable bonds is 5. The Morgan fingerprint density at radius 1 is 0.509 bits per heavy atom. The van der Waals surface area contributed by atoms with E-state index in [1.165, 1.54) is 99.3 Å².